The van der Waals surface area contributed by atoms with Crippen LogP contribution in [0.3, 0.4) is 0 Å². The molecular weight excluding hydrogens is 505 g/mol. The van der Waals surface area contributed by atoms with E-state index in [-0.39, 0.29) is 114 Å². The number of hydrogen-bond acceptors (Lipinski definition) is 7. The van der Waals surface area contributed by atoms with Crippen molar-refractivity contribution in [2.75, 3.05) is 21.3 Å². The van der Waals surface area contributed by atoms with Crippen molar-refractivity contribution in [3.8, 4) is 23.0 Å². The molecule has 0 aliphatic rings. The Morgan fingerprint density at radius 2 is 1.43 bits per heavy atom. The minimum Gasteiger partial charge on any atom is -0.780 e. The van der Waals surface area contributed by atoms with Crippen LogP contribution in [0.15, 0.2) is 34.8 Å². The maximum Gasteiger partial charge on any atom is 1.00 e. The third-order valence-electron chi connectivity index (χ3n) is 3.32. The monoisotopic (exact) mass is 520 g/mol. The summed E-state index contributed by atoms with van der Waals surface area (Å²) in [5.41, 5.74) is 1.42. The van der Waals surface area contributed by atoms with E-state index in [0.29, 0.717) is 17.1 Å². The van der Waals surface area contributed by atoms with E-state index in [9.17, 15) is 14.4 Å². The van der Waals surface area contributed by atoms with Crippen molar-refractivity contribution < 1.29 is 136 Å². The van der Waals surface area contributed by atoms with Gasteiger partial charge in [0.25, 0.3) is 0 Å². The first kappa shape index (κ1) is 29.3. The average molecular weight is 521 g/mol. The van der Waals surface area contributed by atoms with Gasteiger partial charge in [0, 0.05) is 0 Å². The van der Waals surface area contributed by atoms with Gasteiger partial charge in [0.15, 0.2) is 23.0 Å². The summed E-state index contributed by atoms with van der Waals surface area (Å²) in [6.07, 6.45) is 3.51. The Balaban J connectivity index is 0.00000364. The molecule has 2 aromatic carbocycles. The van der Waals surface area contributed by atoms with Crippen LogP contribution in [-0.4, -0.2) is 21.3 Å². The fourth-order valence-electron chi connectivity index (χ4n) is 2.22. The first-order valence-corrected chi connectivity index (χ1v) is 9.52. The summed E-state index contributed by atoms with van der Waals surface area (Å²) in [5, 5.41) is 0. The third-order valence-corrected chi connectivity index (χ3v) is 4.33. The Morgan fingerprint density at radius 3 is 1.96 bits per heavy atom. The normalized spacial score (nSPS) is 10.6. The topological polar surface area (TPSA) is 100 Å². The summed E-state index contributed by atoms with van der Waals surface area (Å²) in [7, 11) is -0.765. The van der Waals surface area contributed by atoms with Crippen LogP contribution in [0.1, 0.15) is 11.1 Å². The van der Waals surface area contributed by atoms with Crippen molar-refractivity contribution in [3.05, 3.63) is 45.9 Å². The molecule has 0 unspecified atom stereocenters. The van der Waals surface area contributed by atoms with Crippen molar-refractivity contribution in [1.82, 2.24) is 0 Å². The van der Waals surface area contributed by atoms with Gasteiger partial charge in [0.2, 0.25) is 0 Å². The molecule has 2 aromatic rings. The predicted molar refractivity (Wildman–Crippen MR) is 97.4 cm³/mol. The second kappa shape index (κ2) is 13.6. The van der Waals surface area contributed by atoms with Crippen molar-refractivity contribution in [1.29, 1.82) is 0 Å². The van der Waals surface area contributed by atoms with Crippen molar-refractivity contribution in [2.45, 2.75) is 0 Å². The zero-order chi connectivity index (χ0) is 19.3. The van der Waals surface area contributed by atoms with Crippen molar-refractivity contribution in [2.24, 2.45) is 0 Å². The molecule has 7 nitrogen and oxygen atoms in total. The summed E-state index contributed by atoms with van der Waals surface area (Å²) >= 11 is 3.41. The van der Waals surface area contributed by atoms with Crippen LogP contribution in [-0.2, 0) is 4.57 Å². The Bertz CT molecular complexity index is 871. The molecule has 28 heavy (non-hydrogen) atoms. The third kappa shape index (κ3) is 8.80. The molecule has 0 heterocycles. The summed E-state index contributed by atoms with van der Waals surface area (Å²) < 4.78 is 31.6. The van der Waals surface area contributed by atoms with Crippen molar-refractivity contribution >= 4 is 35.9 Å². The largest absolute Gasteiger partial charge is 1.00 e. The van der Waals surface area contributed by atoms with E-state index >= 15 is 0 Å². The zero-order valence-corrected chi connectivity index (χ0v) is 25.0. The molecule has 2 rings (SSSR count). The summed E-state index contributed by atoms with van der Waals surface area (Å²) in [6.45, 7) is 0. The molecule has 0 amide bonds. The number of benzene rings is 2. The van der Waals surface area contributed by atoms with Crippen molar-refractivity contribution in [3.63, 3.8) is 0 Å². The molecule has 0 aliphatic heterocycles. The Kier molecular flexibility index (Phi) is 14.3. The molecule has 0 fully saturated rings. The number of hydrogen-bond donors (Lipinski definition) is 0. The van der Waals surface area contributed by atoms with Crippen LogP contribution >= 0.6 is 23.8 Å². The van der Waals surface area contributed by atoms with Gasteiger partial charge in [-0.3, -0.25) is 0 Å². The number of phosphoric acid groups is 1. The van der Waals surface area contributed by atoms with Gasteiger partial charge in [-0.1, -0.05) is 18.2 Å². The number of phosphoric ester groups is 1. The predicted octanol–water partition coefficient (Wildman–Crippen LogP) is -3.14. The van der Waals surface area contributed by atoms with E-state index < -0.39 is 7.82 Å². The van der Waals surface area contributed by atoms with Crippen LogP contribution in [0.2, 0.25) is 0 Å². The molecule has 0 aliphatic carbocycles. The molecule has 0 N–H and O–H groups in total. The first-order chi connectivity index (χ1) is 12.3. The number of ether oxygens (including phenoxy) is 3. The molecule has 140 valence electrons. The first-order valence-electron chi connectivity index (χ1n) is 7.26. The SMILES string of the molecule is COc1ccc(/C=C\c2cc(Br)c(OC)c(OC)c2)cc1OP(=O)([O-])[O-].[K+].[K+]. The molecule has 0 spiro atoms. The van der Waals surface area contributed by atoms with Gasteiger partial charge in [-0.05, 0) is 51.3 Å². The minimum absolute atomic E-state index is 0. The van der Waals surface area contributed by atoms with E-state index in [1.54, 1.807) is 31.4 Å². The molecule has 0 saturated heterocycles. The van der Waals surface area contributed by atoms with Gasteiger partial charge >= 0.3 is 103 Å². The van der Waals surface area contributed by atoms with E-state index in [4.69, 9.17) is 14.2 Å². The van der Waals surface area contributed by atoms with Gasteiger partial charge < -0.3 is 33.1 Å². The van der Waals surface area contributed by atoms with E-state index in [0.717, 1.165) is 10.0 Å². The molecule has 0 atom stereocenters. The molecular formula is C17H16BrK2O7P. The average Bonchev–Trinajstić information content (AvgIpc) is 2.58. The second-order valence-electron chi connectivity index (χ2n) is 5.02. The van der Waals surface area contributed by atoms with Crippen LogP contribution in [0.25, 0.3) is 12.2 Å². The number of rotatable bonds is 7. The van der Waals surface area contributed by atoms with Gasteiger partial charge in [0.05, 0.1) is 25.8 Å². The minimum atomic E-state index is -5.19. The molecule has 0 aromatic heterocycles. The Hall–Kier alpha value is 1.28. The Labute approximate surface area is 257 Å². The Morgan fingerprint density at radius 1 is 0.857 bits per heavy atom. The molecule has 0 saturated carbocycles. The molecule has 0 radical (unpaired) electrons. The number of halogens is 1. The fraction of sp³-hybridized carbons (Fsp3) is 0.176. The molecule has 0 bridgehead atoms. The fourth-order valence-corrected chi connectivity index (χ4v) is 3.22. The van der Waals surface area contributed by atoms with Crippen LogP contribution < -0.4 is 131 Å². The summed E-state index contributed by atoms with van der Waals surface area (Å²) in [6, 6.07) is 8.22. The van der Waals surface area contributed by atoms with Gasteiger partial charge in [-0.2, -0.15) is 0 Å². The smallest absolute Gasteiger partial charge is 0.780 e. The zero-order valence-electron chi connectivity index (χ0n) is 16.2. The van der Waals surface area contributed by atoms with Crippen LogP contribution in [0.5, 0.6) is 23.0 Å². The quantitative estimate of drug-likeness (QED) is 0.216. The van der Waals surface area contributed by atoms with Gasteiger partial charge in [-0.15, -0.1) is 0 Å². The summed E-state index contributed by atoms with van der Waals surface area (Å²) in [5.74, 6) is 1.10. The molecule has 11 heteroatoms. The van der Waals surface area contributed by atoms with Gasteiger partial charge in [0.1, 0.15) is 7.82 Å². The maximum atomic E-state index is 10.9. The van der Waals surface area contributed by atoms with Crippen LogP contribution in [0, 0.1) is 0 Å². The summed E-state index contributed by atoms with van der Waals surface area (Å²) in [4.78, 5) is 21.7. The second-order valence-corrected chi connectivity index (χ2v) is 6.95. The number of methoxy groups -OCH3 is 3. The van der Waals surface area contributed by atoms with Crippen LogP contribution in [0.4, 0.5) is 0 Å². The van der Waals surface area contributed by atoms with E-state index in [1.807, 2.05) is 6.07 Å². The standard InChI is InChI=1S/C17H18BrO7P.2K/c1-22-14-7-6-11(9-15(14)25-26(19,20)21)4-5-12-8-13(18)17(24-3)16(10-12)23-2;;/h4-10H,1-3H3,(H2,19,20,21);;/q;2*+1/p-2/b5-4-;;. The van der Waals surface area contributed by atoms with E-state index in [1.165, 1.54) is 26.4 Å². The maximum absolute atomic E-state index is 10.9. The van der Waals surface area contributed by atoms with E-state index in [2.05, 4.69) is 20.5 Å². The van der Waals surface area contributed by atoms with Gasteiger partial charge in [-0.25, -0.2) is 0 Å².